The molecule has 93 heavy (non-hydrogen) atoms. The molecule has 0 aromatic carbocycles. The first-order valence-electron chi connectivity index (χ1n) is 43.1. The van der Waals surface area contributed by atoms with Gasteiger partial charge in [-0.2, -0.15) is 0 Å². The van der Waals surface area contributed by atoms with E-state index in [9.17, 15) is 19.8 Å². The van der Waals surface area contributed by atoms with Crippen LogP contribution in [0.3, 0.4) is 0 Å². The van der Waals surface area contributed by atoms with E-state index < -0.39 is 12.1 Å². The Morgan fingerprint density at radius 1 is 0.290 bits per heavy atom. The van der Waals surface area contributed by atoms with Gasteiger partial charge in [-0.25, -0.2) is 0 Å². The average molecular weight is 1310 g/mol. The van der Waals surface area contributed by atoms with Crippen LogP contribution < -0.4 is 5.32 Å². The van der Waals surface area contributed by atoms with Crippen molar-refractivity contribution >= 4 is 11.9 Å². The molecule has 2 unspecified atom stereocenters. The molecule has 3 N–H and O–H groups in total. The molecule has 0 rings (SSSR count). The molecule has 2 atom stereocenters. The Labute approximate surface area is 583 Å². The Morgan fingerprint density at radius 2 is 0.505 bits per heavy atom. The van der Waals surface area contributed by atoms with Gasteiger partial charge in [0.15, 0.2) is 0 Å². The minimum absolute atomic E-state index is 0.0157. The van der Waals surface area contributed by atoms with Crippen molar-refractivity contribution in [3.63, 3.8) is 0 Å². The van der Waals surface area contributed by atoms with Gasteiger partial charge >= 0.3 is 5.97 Å². The van der Waals surface area contributed by atoms with E-state index in [0.717, 1.165) is 44.9 Å². The smallest absolute Gasteiger partial charge is 0.305 e. The summed E-state index contributed by atoms with van der Waals surface area (Å²) in [6.45, 7) is 4.95. The Kier molecular flexibility index (Phi) is 81.3. The Hall–Kier alpha value is -1.66. The van der Waals surface area contributed by atoms with Gasteiger partial charge in [-0.3, -0.25) is 9.59 Å². The largest absolute Gasteiger partial charge is 0.466 e. The van der Waals surface area contributed by atoms with E-state index in [-0.39, 0.29) is 18.5 Å². The van der Waals surface area contributed by atoms with Gasteiger partial charge in [0.25, 0.3) is 0 Å². The summed E-state index contributed by atoms with van der Waals surface area (Å²) in [7, 11) is 0. The van der Waals surface area contributed by atoms with E-state index in [1.165, 1.54) is 424 Å². The molecule has 0 aromatic heterocycles. The van der Waals surface area contributed by atoms with Crippen LogP contribution >= 0.6 is 0 Å². The van der Waals surface area contributed by atoms with Crippen molar-refractivity contribution in [1.29, 1.82) is 0 Å². The maximum atomic E-state index is 12.6. The highest BCUT2D eigenvalue weighted by atomic mass is 16.5. The zero-order valence-electron chi connectivity index (χ0n) is 63.5. The molecule has 0 bridgehead atoms. The molecular formula is C87H169NO5. The number of carbonyl (C=O) groups excluding carboxylic acids is 2. The third-order valence-electron chi connectivity index (χ3n) is 20.5. The van der Waals surface area contributed by atoms with Crippen LogP contribution in [-0.4, -0.2) is 47.4 Å². The highest BCUT2D eigenvalue weighted by Crippen LogP contribution is 2.21. The Balaban J connectivity index is 3.33. The van der Waals surface area contributed by atoms with Gasteiger partial charge in [-0.05, 0) is 57.8 Å². The van der Waals surface area contributed by atoms with Gasteiger partial charge in [0.1, 0.15) is 0 Å². The lowest BCUT2D eigenvalue weighted by Crippen LogP contribution is -2.45. The molecule has 0 saturated heterocycles. The van der Waals surface area contributed by atoms with Crippen molar-refractivity contribution in [1.82, 2.24) is 5.32 Å². The first kappa shape index (κ1) is 91.3. The summed E-state index contributed by atoms with van der Waals surface area (Å²) < 4.78 is 5.50. The highest BCUT2D eigenvalue weighted by Gasteiger charge is 2.18. The van der Waals surface area contributed by atoms with Crippen LogP contribution in [0.1, 0.15) is 495 Å². The highest BCUT2D eigenvalue weighted by molar-refractivity contribution is 5.76. The molecule has 0 aromatic rings. The van der Waals surface area contributed by atoms with Crippen LogP contribution in [0.25, 0.3) is 0 Å². The number of amides is 1. The molecule has 0 aliphatic heterocycles. The van der Waals surface area contributed by atoms with Crippen molar-refractivity contribution in [2.24, 2.45) is 0 Å². The summed E-state index contributed by atoms with van der Waals surface area (Å²) in [5.74, 6) is -0.0406. The van der Waals surface area contributed by atoms with Crippen LogP contribution in [0.5, 0.6) is 0 Å². The molecule has 0 spiro atoms. The lowest BCUT2D eigenvalue weighted by molar-refractivity contribution is -0.143. The minimum atomic E-state index is -0.842. The summed E-state index contributed by atoms with van der Waals surface area (Å²) in [5, 5.41) is 23.3. The number of rotatable bonds is 82. The maximum Gasteiger partial charge on any atom is 0.305 e. The van der Waals surface area contributed by atoms with Crippen LogP contribution in [0.2, 0.25) is 0 Å². The maximum absolute atomic E-state index is 12.6. The van der Waals surface area contributed by atoms with Crippen molar-refractivity contribution < 1.29 is 24.5 Å². The third-order valence-corrected chi connectivity index (χ3v) is 20.5. The second-order valence-electron chi connectivity index (χ2n) is 29.9. The second-order valence-corrected chi connectivity index (χ2v) is 29.9. The van der Waals surface area contributed by atoms with Gasteiger partial charge in [-0.15, -0.1) is 0 Å². The number of hydrogen-bond donors (Lipinski definition) is 3. The summed E-state index contributed by atoms with van der Waals surface area (Å²) in [5.41, 5.74) is 0. The summed E-state index contributed by atoms with van der Waals surface area (Å²) >= 11 is 0. The van der Waals surface area contributed by atoms with Crippen LogP contribution in [0.15, 0.2) is 24.3 Å². The fourth-order valence-corrected chi connectivity index (χ4v) is 13.9. The van der Waals surface area contributed by atoms with Gasteiger partial charge in [0.2, 0.25) is 5.91 Å². The minimum Gasteiger partial charge on any atom is -0.466 e. The topological polar surface area (TPSA) is 95.9 Å². The van der Waals surface area contributed by atoms with Crippen LogP contribution in [-0.2, 0) is 14.3 Å². The van der Waals surface area contributed by atoms with E-state index in [1.807, 2.05) is 6.08 Å². The van der Waals surface area contributed by atoms with E-state index >= 15 is 0 Å². The zero-order chi connectivity index (χ0) is 67.0. The van der Waals surface area contributed by atoms with Crippen molar-refractivity contribution in [3.05, 3.63) is 24.3 Å². The lowest BCUT2D eigenvalue weighted by atomic mass is 10.0. The average Bonchev–Trinajstić information content (AvgIpc) is 3.77. The van der Waals surface area contributed by atoms with E-state index in [4.69, 9.17) is 4.74 Å². The van der Waals surface area contributed by atoms with Crippen molar-refractivity contribution in [3.8, 4) is 0 Å². The summed E-state index contributed by atoms with van der Waals surface area (Å²) in [6, 6.07) is -0.625. The van der Waals surface area contributed by atoms with Crippen molar-refractivity contribution in [2.75, 3.05) is 13.2 Å². The zero-order valence-corrected chi connectivity index (χ0v) is 63.5. The molecule has 0 saturated carbocycles. The van der Waals surface area contributed by atoms with Gasteiger partial charge in [-0.1, -0.05) is 449 Å². The first-order valence-corrected chi connectivity index (χ1v) is 43.1. The number of esters is 1. The summed E-state index contributed by atoms with van der Waals surface area (Å²) in [4.78, 5) is 24.6. The molecule has 0 heterocycles. The fraction of sp³-hybridized carbons (Fsp3) is 0.931. The summed E-state index contributed by atoms with van der Waals surface area (Å²) in [6.07, 6.45) is 108. The lowest BCUT2D eigenvalue weighted by Gasteiger charge is -2.20. The first-order chi connectivity index (χ1) is 46.0. The normalized spacial score (nSPS) is 12.5. The van der Waals surface area contributed by atoms with E-state index in [1.54, 1.807) is 6.08 Å². The molecule has 552 valence electrons. The van der Waals surface area contributed by atoms with Crippen LogP contribution in [0.4, 0.5) is 0 Å². The number of ether oxygens (including phenoxy) is 1. The van der Waals surface area contributed by atoms with Gasteiger partial charge < -0.3 is 20.3 Å². The molecule has 6 heteroatoms. The fourth-order valence-electron chi connectivity index (χ4n) is 13.9. The molecule has 0 aliphatic carbocycles. The van der Waals surface area contributed by atoms with Crippen LogP contribution in [0, 0.1) is 0 Å². The SMILES string of the molecule is CCCCCCC/C=C\CCCCCCCC(=O)OCCCCCCCCCCCCCCCCCCCCCCCCCCCCCCCCCCCCCCCC(=O)NC(CO)C(O)/C=C/CCCCCCCCCCCCCCCCCCCCCCCCC. The Morgan fingerprint density at radius 3 is 0.763 bits per heavy atom. The molecule has 1 amide bonds. The second kappa shape index (κ2) is 82.8. The standard InChI is InChI=1S/C87H169NO5/c1-3-5-7-9-11-13-15-17-19-20-21-22-23-37-40-43-46-49-52-55-59-63-67-71-75-79-85(90)84(83-89)88-86(91)80-76-72-68-64-60-56-53-50-47-44-41-38-35-33-31-29-27-25-24-26-28-30-32-34-36-39-42-45-48-51-54-58-62-66-70-74-78-82-93-87(92)81-77-73-69-65-61-57-18-16-14-12-10-8-6-4-2/h16,18,75,79,84-85,89-90H,3-15,17,19-74,76-78,80-83H2,1-2H3,(H,88,91)/b18-16-,79-75+. The Bertz CT molecular complexity index is 1460. The molecular weight excluding hydrogens is 1140 g/mol. The van der Waals surface area contributed by atoms with E-state index in [0.29, 0.717) is 19.4 Å². The van der Waals surface area contributed by atoms with E-state index in [2.05, 4.69) is 31.3 Å². The number of aliphatic hydroxyl groups excluding tert-OH is 2. The monoisotopic (exact) mass is 1310 g/mol. The molecule has 6 nitrogen and oxygen atoms in total. The predicted octanol–water partition coefficient (Wildman–Crippen LogP) is 28.8. The van der Waals surface area contributed by atoms with Gasteiger partial charge in [0, 0.05) is 12.8 Å². The number of allylic oxidation sites excluding steroid dienone is 3. The van der Waals surface area contributed by atoms with Crippen molar-refractivity contribution in [2.45, 2.75) is 508 Å². The third kappa shape index (κ3) is 79.2. The number of unbranched alkanes of at least 4 members (excludes halogenated alkanes) is 69. The molecule has 0 aliphatic rings. The predicted molar refractivity (Wildman–Crippen MR) is 412 cm³/mol. The number of aliphatic hydroxyl groups is 2. The number of hydrogen-bond acceptors (Lipinski definition) is 5. The number of carbonyl (C=O) groups is 2. The van der Waals surface area contributed by atoms with Gasteiger partial charge in [0.05, 0.1) is 25.4 Å². The molecule has 0 radical (unpaired) electrons. The quantitative estimate of drug-likeness (QED) is 0.0320. The molecule has 0 fully saturated rings. The number of nitrogens with one attached hydrogen (secondary N) is 1.